The summed E-state index contributed by atoms with van der Waals surface area (Å²) in [6.45, 7) is 0. The van der Waals surface area contributed by atoms with E-state index < -0.39 is 12.1 Å². The number of carbonyl (C=O) groups is 1. The van der Waals surface area contributed by atoms with Crippen LogP contribution in [0.25, 0.3) is 11.0 Å². The zero-order valence-corrected chi connectivity index (χ0v) is 8.37. The first-order chi connectivity index (χ1) is 7.66. The predicted molar refractivity (Wildman–Crippen MR) is 56.8 cm³/mol. The highest BCUT2D eigenvalue weighted by atomic mass is 16.4. The number of hydrogen-bond acceptors (Lipinski definition) is 4. The molecule has 82 valence electrons. The molecule has 5 nitrogen and oxygen atoms in total. The number of aliphatic hydroxyl groups excluding tert-OH is 1. The van der Waals surface area contributed by atoms with Crippen LogP contribution in [0.4, 0.5) is 0 Å². The Bertz CT molecular complexity index is 527. The van der Waals surface area contributed by atoms with Crippen molar-refractivity contribution < 1.29 is 15.0 Å². The van der Waals surface area contributed by atoms with E-state index in [0.29, 0.717) is 11.0 Å². The Balaban J connectivity index is 2.35. The fourth-order valence-electron chi connectivity index (χ4n) is 1.40. The molecular weight excluding hydrogens is 208 g/mol. The molecule has 16 heavy (non-hydrogen) atoms. The summed E-state index contributed by atoms with van der Waals surface area (Å²) in [6, 6.07) is 7.21. The minimum absolute atomic E-state index is 0.279. The number of aliphatic carboxylic acids is 1. The molecule has 0 bridgehead atoms. The Kier molecular flexibility index (Phi) is 2.78. The van der Waals surface area contributed by atoms with Gasteiger partial charge in [0.2, 0.25) is 0 Å². The molecule has 2 rings (SSSR count). The number of aliphatic hydroxyl groups is 1. The first-order valence-electron chi connectivity index (χ1n) is 4.78. The molecule has 5 heteroatoms. The van der Waals surface area contributed by atoms with Crippen molar-refractivity contribution in [1.82, 2.24) is 9.97 Å². The van der Waals surface area contributed by atoms with Crippen LogP contribution in [0.1, 0.15) is 18.2 Å². The summed E-state index contributed by atoms with van der Waals surface area (Å²) in [4.78, 5) is 18.7. The summed E-state index contributed by atoms with van der Waals surface area (Å²) >= 11 is 0. The molecule has 0 amide bonds. The number of benzene rings is 1. The number of hydrogen-bond donors (Lipinski definition) is 2. The van der Waals surface area contributed by atoms with Gasteiger partial charge in [-0.25, -0.2) is 4.98 Å². The molecule has 1 atom stereocenters. The normalized spacial score (nSPS) is 12.6. The molecule has 0 spiro atoms. The Morgan fingerprint density at radius 1 is 1.31 bits per heavy atom. The van der Waals surface area contributed by atoms with Crippen molar-refractivity contribution in [3.63, 3.8) is 0 Å². The van der Waals surface area contributed by atoms with Crippen molar-refractivity contribution in [1.29, 1.82) is 0 Å². The van der Waals surface area contributed by atoms with Crippen LogP contribution in [-0.2, 0) is 4.79 Å². The molecule has 2 aromatic rings. The number of aromatic nitrogens is 2. The highest BCUT2D eigenvalue weighted by Gasteiger charge is 2.14. The average molecular weight is 218 g/mol. The van der Waals surface area contributed by atoms with E-state index in [4.69, 9.17) is 5.11 Å². The van der Waals surface area contributed by atoms with Crippen molar-refractivity contribution in [2.45, 2.75) is 12.5 Å². The zero-order valence-electron chi connectivity index (χ0n) is 8.37. The largest absolute Gasteiger partial charge is 0.481 e. The third kappa shape index (κ3) is 2.14. The SMILES string of the molecule is O=C(O)C[C@@H](O)c1cnc2ccccc2n1. The summed E-state index contributed by atoms with van der Waals surface area (Å²) in [5.41, 5.74) is 1.64. The van der Waals surface area contributed by atoms with Crippen LogP contribution in [0.2, 0.25) is 0 Å². The lowest BCUT2D eigenvalue weighted by molar-refractivity contribution is -0.139. The van der Waals surface area contributed by atoms with E-state index >= 15 is 0 Å². The second-order valence-electron chi connectivity index (χ2n) is 3.40. The maximum absolute atomic E-state index is 10.4. The minimum Gasteiger partial charge on any atom is -0.481 e. The van der Waals surface area contributed by atoms with Crippen LogP contribution in [-0.4, -0.2) is 26.2 Å². The molecule has 1 heterocycles. The summed E-state index contributed by atoms with van der Waals surface area (Å²) in [5.74, 6) is -1.07. The van der Waals surface area contributed by atoms with Crippen molar-refractivity contribution in [3.8, 4) is 0 Å². The number of para-hydroxylation sites is 2. The Hall–Kier alpha value is -2.01. The van der Waals surface area contributed by atoms with Crippen LogP contribution < -0.4 is 0 Å². The first kappa shape index (κ1) is 10.5. The van der Waals surface area contributed by atoms with Crippen LogP contribution in [0.15, 0.2) is 30.5 Å². The van der Waals surface area contributed by atoms with Gasteiger partial charge in [0.05, 0.1) is 29.3 Å². The highest BCUT2D eigenvalue weighted by Crippen LogP contribution is 2.16. The molecular formula is C11H10N2O3. The van der Waals surface area contributed by atoms with Gasteiger partial charge in [0.1, 0.15) is 6.10 Å². The first-order valence-corrected chi connectivity index (χ1v) is 4.78. The monoisotopic (exact) mass is 218 g/mol. The Morgan fingerprint density at radius 2 is 2.00 bits per heavy atom. The molecule has 0 radical (unpaired) electrons. The van der Waals surface area contributed by atoms with E-state index in [1.54, 1.807) is 12.1 Å². The van der Waals surface area contributed by atoms with E-state index in [1.807, 2.05) is 12.1 Å². The summed E-state index contributed by atoms with van der Waals surface area (Å²) in [5, 5.41) is 18.1. The molecule has 0 saturated heterocycles. The van der Waals surface area contributed by atoms with Crippen molar-refractivity contribution >= 4 is 17.0 Å². The van der Waals surface area contributed by atoms with Crippen molar-refractivity contribution in [3.05, 3.63) is 36.2 Å². The standard InChI is InChI=1S/C11H10N2O3/c14-10(5-11(15)16)9-6-12-7-3-1-2-4-8(7)13-9/h1-4,6,10,14H,5H2,(H,15,16)/t10-/m1/s1. The number of nitrogens with zero attached hydrogens (tertiary/aromatic N) is 2. The third-order valence-electron chi connectivity index (χ3n) is 2.18. The molecule has 0 aliphatic rings. The second-order valence-corrected chi connectivity index (χ2v) is 3.40. The maximum atomic E-state index is 10.4. The molecule has 2 N–H and O–H groups in total. The molecule has 0 unspecified atom stereocenters. The number of rotatable bonds is 3. The summed E-state index contributed by atoms with van der Waals surface area (Å²) < 4.78 is 0. The lowest BCUT2D eigenvalue weighted by Crippen LogP contribution is -2.07. The molecule has 1 aromatic heterocycles. The number of fused-ring (bicyclic) bond motifs is 1. The van der Waals surface area contributed by atoms with Crippen molar-refractivity contribution in [2.75, 3.05) is 0 Å². The fraction of sp³-hybridized carbons (Fsp3) is 0.182. The van der Waals surface area contributed by atoms with Crippen LogP contribution >= 0.6 is 0 Å². The lowest BCUT2D eigenvalue weighted by atomic mass is 10.2. The maximum Gasteiger partial charge on any atom is 0.306 e. The van der Waals surface area contributed by atoms with Crippen molar-refractivity contribution in [2.24, 2.45) is 0 Å². The predicted octanol–water partition coefficient (Wildman–Crippen LogP) is 1.14. The van der Waals surface area contributed by atoms with Crippen LogP contribution in [0.3, 0.4) is 0 Å². The Labute approximate surface area is 91.4 Å². The third-order valence-corrected chi connectivity index (χ3v) is 2.18. The van der Waals surface area contributed by atoms with Gasteiger partial charge in [-0.1, -0.05) is 12.1 Å². The van der Waals surface area contributed by atoms with Gasteiger partial charge >= 0.3 is 5.97 Å². The number of carboxylic acids is 1. The smallest absolute Gasteiger partial charge is 0.306 e. The zero-order chi connectivity index (χ0) is 11.5. The minimum atomic E-state index is -1.12. The van der Waals surface area contributed by atoms with E-state index in [9.17, 15) is 9.90 Å². The second kappa shape index (κ2) is 4.24. The average Bonchev–Trinajstić information content (AvgIpc) is 2.27. The molecule has 0 aliphatic heterocycles. The van der Waals surface area contributed by atoms with Crippen LogP contribution in [0.5, 0.6) is 0 Å². The van der Waals surface area contributed by atoms with Gasteiger partial charge in [-0.3, -0.25) is 9.78 Å². The lowest BCUT2D eigenvalue weighted by Gasteiger charge is -2.07. The van der Waals surface area contributed by atoms with E-state index in [-0.39, 0.29) is 12.1 Å². The van der Waals surface area contributed by atoms with Gasteiger partial charge in [0.15, 0.2) is 0 Å². The van der Waals surface area contributed by atoms with E-state index in [1.165, 1.54) is 6.20 Å². The van der Waals surface area contributed by atoms with Gasteiger partial charge < -0.3 is 10.2 Å². The Morgan fingerprint density at radius 3 is 2.69 bits per heavy atom. The van der Waals surface area contributed by atoms with Gasteiger partial charge in [0, 0.05) is 0 Å². The molecule has 0 fully saturated rings. The fourth-order valence-corrected chi connectivity index (χ4v) is 1.40. The van der Waals surface area contributed by atoms with E-state index in [2.05, 4.69) is 9.97 Å². The summed E-state index contributed by atoms with van der Waals surface area (Å²) in [6.07, 6.45) is -0.0854. The number of carboxylic acid groups (broad SMARTS) is 1. The molecule has 0 aliphatic carbocycles. The van der Waals surface area contributed by atoms with Gasteiger partial charge in [-0.15, -0.1) is 0 Å². The van der Waals surface area contributed by atoms with Gasteiger partial charge in [0.25, 0.3) is 0 Å². The summed E-state index contributed by atoms with van der Waals surface area (Å²) in [7, 11) is 0. The molecule has 0 saturated carbocycles. The van der Waals surface area contributed by atoms with E-state index in [0.717, 1.165) is 0 Å². The van der Waals surface area contributed by atoms with Gasteiger partial charge in [-0.05, 0) is 12.1 Å². The van der Waals surface area contributed by atoms with Crippen LogP contribution in [0, 0.1) is 0 Å². The molecule has 1 aromatic carbocycles. The van der Waals surface area contributed by atoms with Gasteiger partial charge in [-0.2, -0.15) is 0 Å². The topological polar surface area (TPSA) is 83.3 Å². The highest BCUT2D eigenvalue weighted by molar-refractivity contribution is 5.74. The quantitative estimate of drug-likeness (QED) is 0.807.